The number of aliphatic carboxylic acids is 1. The molecule has 5 aromatic rings. The minimum atomic E-state index is -1.54. The number of aliphatic hydroxyl groups is 1. The number of carboxylic acids is 1. The second kappa shape index (κ2) is 16.9. The van der Waals surface area contributed by atoms with E-state index in [0.717, 1.165) is 22.3 Å². The molecular weight excluding hydrogens is 763 g/mol. The Bertz CT molecular complexity index is 2430. The molecule has 4 aromatic carbocycles. The van der Waals surface area contributed by atoms with Crippen molar-refractivity contribution in [3.63, 3.8) is 0 Å². The molecule has 8 rings (SSSR count). The van der Waals surface area contributed by atoms with E-state index in [1.165, 1.54) is 11.0 Å². The average molecular weight is 810 g/mol. The largest absolute Gasteiger partial charge is 0.497 e. The summed E-state index contributed by atoms with van der Waals surface area (Å²) < 4.78 is 12.2. The maximum absolute atomic E-state index is 14.5. The van der Waals surface area contributed by atoms with Crippen LogP contribution < -0.4 is 25.4 Å². The topological polar surface area (TPSA) is 179 Å². The number of likely N-dealkylation sites (tertiary alicyclic amines) is 1. The summed E-state index contributed by atoms with van der Waals surface area (Å²) in [5.74, 6) is -1.74. The molecule has 0 spiro atoms. The lowest BCUT2D eigenvalue weighted by molar-refractivity contribution is -0.144. The first-order chi connectivity index (χ1) is 29.1. The quantitative estimate of drug-likeness (QED) is 0.0924. The van der Waals surface area contributed by atoms with Gasteiger partial charge in [-0.15, -0.1) is 6.58 Å². The van der Waals surface area contributed by atoms with Gasteiger partial charge in [0.05, 0.1) is 37.0 Å². The Hall–Kier alpha value is -6.73. The number of pyridine rings is 1. The molecule has 4 amide bonds. The van der Waals surface area contributed by atoms with Crippen molar-refractivity contribution in [3.05, 3.63) is 139 Å². The summed E-state index contributed by atoms with van der Waals surface area (Å²) in [5, 5.41) is 30.4. The number of nitrogens with one attached hydrogen (secondary N) is 3. The first-order valence-electron chi connectivity index (χ1n) is 20.1. The first kappa shape index (κ1) is 40.1. The van der Waals surface area contributed by atoms with Gasteiger partial charge in [0, 0.05) is 41.8 Å². The number of ether oxygens (including phenoxy) is 2. The van der Waals surface area contributed by atoms with E-state index in [1.807, 2.05) is 97.1 Å². The van der Waals surface area contributed by atoms with Gasteiger partial charge >= 0.3 is 12.0 Å². The third-order valence-corrected chi connectivity index (χ3v) is 11.9. The van der Waals surface area contributed by atoms with Crippen LogP contribution in [0.4, 0.5) is 4.79 Å². The molecule has 2 unspecified atom stereocenters. The lowest BCUT2D eigenvalue weighted by atomic mass is 10.0. The lowest BCUT2D eigenvalue weighted by Gasteiger charge is -2.29. The van der Waals surface area contributed by atoms with Crippen LogP contribution in [-0.2, 0) is 27.2 Å². The molecule has 13 nitrogen and oxygen atoms in total. The molecule has 5 N–H and O–H groups in total. The van der Waals surface area contributed by atoms with Gasteiger partial charge in [-0.1, -0.05) is 91.0 Å². The van der Waals surface area contributed by atoms with Crippen LogP contribution in [0.15, 0.2) is 122 Å². The van der Waals surface area contributed by atoms with E-state index in [2.05, 4.69) is 22.5 Å². The number of aliphatic hydroxyl groups excluding tert-OH is 1. The van der Waals surface area contributed by atoms with Crippen LogP contribution >= 0.6 is 0 Å². The lowest BCUT2D eigenvalue weighted by Crippen LogP contribution is -2.57. The molecule has 2 aliphatic carbocycles. The zero-order chi connectivity index (χ0) is 42.0. The van der Waals surface area contributed by atoms with E-state index in [9.17, 15) is 29.4 Å². The predicted molar refractivity (Wildman–Crippen MR) is 224 cm³/mol. The highest BCUT2D eigenvalue weighted by Crippen LogP contribution is 2.45. The number of carboxylic acid groups (broad SMARTS) is 1. The minimum absolute atomic E-state index is 0.0281. The van der Waals surface area contributed by atoms with E-state index >= 15 is 0 Å². The van der Waals surface area contributed by atoms with Gasteiger partial charge in [0.25, 0.3) is 0 Å². The normalized spacial score (nSPS) is 23.2. The summed E-state index contributed by atoms with van der Waals surface area (Å²) in [6, 6.07) is 30.3. The SMILES string of the molecule is C=CC1C[C@]1(NC(=O)[C@@H]1C[C@@H](Oc2cc(-c3ccccc3)nc3cc(OC)ccc23)CN1C(=O)N[C@@H](CCc1ccccc1)C(=O)NC1c2ccccc2C[C@H]1O)C(=O)O. The zero-order valence-electron chi connectivity index (χ0n) is 33.1. The second-order valence-corrected chi connectivity index (χ2v) is 15.7. The molecule has 60 heavy (non-hydrogen) atoms. The van der Waals surface area contributed by atoms with E-state index < -0.39 is 65.6 Å². The summed E-state index contributed by atoms with van der Waals surface area (Å²) >= 11 is 0. The Morgan fingerprint density at radius 1 is 0.983 bits per heavy atom. The molecule has 1 aromatic heterocycles. The third kappa shape index (κ3) is 8.13. The van der Waals surface area contributed by atoms with Gasteiger partial charge in [0.1, 0.15) is 35.2 Å². The number of hydrogen-bond acceptors (Lipinski definition) is 8. The van der Waals surface area contributed by atoms with Gasteiger partial charge in [-0.3, -0.25) is 9.59 Å². The van der Waals surface area contributed by atoms with Crippen molar-refractivity contribution < 1.29 is 38.9 Å². The van der Waals surface area contributed by atoms with Crippen LogP contribution in [-0.4, -0.2) is 87.4 Å². The van der Waals surface area contributed by atoms with Crippen LogP contribution in [0.5, 0.6) is 11.5 Å². The van der Waals surface area contributed by atoms with Crippen molar-refractivity contribution in [2.45, 2.75) is 68.0 Å². The Kier molecular flexibility index (Phi) is 11.3. The van der Waals surface area contributed by atoms with Crippen LogP contribution in [0.2, 0.25) is 0 Å². The fourth-order valence-corrected chi connectivity index (χ4v) is 8.47. The summed E-state index contributed by atoms with van der Waals surface area (Å²) in [7, 11) is 1.57. The number of carbonyl (C=O) groups excluding carboxylic acids is 3. The second-order valence-electron chi connectivity index (χ2n) is 15.7. The molecule has 2 fully saturated rings. The Morgan fingerprint density at radius 3 is 2.43 bits per heavy atom. The van der Waals surface area contributed by atoms with Crippen LogP contribution in [0.3, 0.4) is 0 Å². The van der Waals surface area contributed by atoms with Crippen molar-refractivity contribution in [3.8, 4) is 22.8 Å². The van der Waals surface area contributed by atoms with Gasteiger partial charge in [-0.25, -0.2) is 14.6 Å². The minimum Gasteiger partial charge on any atom is -0.497 e. The first-order valence-corrected chi connectivity index (χ1v) is 20.1. The molecule has 1 saturated carbocycles. The van der Waals surface area contributed by atoms with E-state index in [0.29, 0.717) is 40.9 Å². The van der Waals surface area contributed by atoms with Gasteiger partial charge in [-0.2, -0.15) is 0 Å². The van der Waals surface area contributed by atoms with Crippen molar-refractivity contribution in [1.29, 1.82) is 0 Å². The van der Waals surface area contributed by atoms with Crippen molar-refractivity contribution in [2.75, 3.05) is 13.7 Å². The number of urea groups is 1. The zero-order valence-corrected chi connectivity index (χ0v) is 33.1. The number of rotatable bonds is 14. The maximum atomic E-state index is 14.5. The number of amides is 4. The smallest absolute Gasteiger partial charge is 0.330 e. The highest BCUT2D eigenvalue weighted by atomic mass is 16.5. The summed E-state index contributed by atoms with van der Waals surface area (Å²) in [4.78, 5) is 61.5. The number of aromatic nitrogens is 1. The van der Waals surface area contributed by atoms with Crippen LogP contribution in [0.25, 0.3) is 22.2 Å². The molecule has 2 heterocycles. The third-order valence-electron chi connectivity index (χ3n) is 11.9. The number of hydrogen-bond donors (Lipinski definition) is 5. The standard InChI is InChI=1S/C47H47N5O8/c1-3-31-26-47(31,45(56)57)51-44(55)39-24-33(60-41-25-37(29-14-8-5-9-15-29)48-38-23-32(59-2)19-20-35(38)41)27-52(39)46(58)49-36(21-18-28-12-6-4-7-13-28)43(54)50-42-34-17-11-10-16-30(34)22-40(42)53/h3-17,19-20,23,25,31,33,36,39-40,42,53H,1,18,21-22,24,26-27H2,2H3,(H,49,58)(H,50,54)(H,51,55)(H,56,57)/t31?,33-,36+,39+,40-,42?,47-/m1/s1. The highest BCUT2D eigenvalue weighted by molar-refractivity contribution is 5.95. The fraction of sp³-hybridized carbons (Fsp3) is 0.298. The number of aryl methyl sites for hydroxylation is 1. The van der Waals surface area contributed by atoms with E-state index in [1.54, 1.807) is 19.2 Å². The Labute approximate surface area is 347 Å². The Morgan fingerprint density at radius 2 is 1.72 bits per heavy atom. The van der Waals surface area contributed by atoms with Crippen molar-refractivity contribution in [1.82, 2.24) is 25.8 Å². The number of carbonyl (C=O) groups is 4. The van der Waals surface area contributed by atoms with E-state index in [-0.39, 0.29) is 25.8 Å². The number of nitrogens with zero attached hydrogens (tertiary/aromatic N) is 2. The summed E-state index contributed by atoms with van der Waals surface area (Å²) in [5.41, 5.74) is 3.27. The van der Waals surface area contributed by atoms with Crippen molar-refractivity contribution in [2.24, 2.45) is 5.92 Å². The summed E-state index contributed by atoms with van der Waals surface area (Å²) in [6.45, 7) is 3.68. The number of benzene rings is 4. The van der Waals surface area contributed by atoms with Gasteiger partial charge in [0.2, 0.25) is 11.8 Å². The van der Waals surface area contributed by atoms with Gasteiger partial charge in [0.15, 0.2) is 0 Å². The fourth-order valence-electron chi connectivity index (χ4n) is 8.47. The van der Waals surface area contributed by atoms with Crippen LogP contribution in [0.1, 0.15) is 42.0 Å². The molecule has 3 aliphatic rings. The molecular formula is C47H47N5O8. The van der Waals surface area contributed by atoms with E-state index in [4.69, 9.17) is 14.5 Å². The van der Waals surface area contributed by atoms with Crippen LogP contribution in [0, 0.1) is 5.92 Å². The molecule has 1 aliphatic heterocycles. The predicted octanol–water partition coefficient (Wildman–Crippen LogP) is 5.36. The number of methoxy groups -OCH3 is 1. The van der Waals surface area contributed by atoms with Gasteiger partial charge < -0.3 is 40.5 Å². The molecule has 0 bridgehead atoms. The molecule has 7 atom stereocenters. The maximum Gasteiger partial charge on any atom is 0.330 e. The van der Waals surface area contributed by atoms with Crippen molar-refractivity contribution >= 4 is 34.7 Å². The average Bonchev–Trinajstić information content (AvgIpc) is 3.68. The monoisotopic (exact) mass is 809 g/mol. The highest BCUT2D eigenvalue weighted by Gasteiger charge is 2.61. The molecule has 13 heteroatoms. The molecule has 1 saturated heterocycles. The van der Waals surface area contributed by atoms with Gasteiger partial charge in [-0.05, 0) is 48.1 Å². The summed E-state index contributed by atoms with van der Waals surface area (Å²) in [6.07, 6.45) is 1.18. The molecule has 0 radical (unpaired) electrons. The molecule has 308 valence electrons. The number of fused-ring (bicyclic) bond motifs is 2. The Balaban J connectivity index is 1.09.